The zero-order valence-corrected chi connectivity index (χ0v) is 16.8. The van der Waals surface area contributed by atoms with E-state index in [4.69, 9.17) is 21.1 Å². The lowest BCUT2D eigenvalue weighted by molar-refractivity contribution is 0.151. The van der Waals surface area contributed by atoms with Crippen LogP contribution in [0.4, 0.5) is 5.82 Å². The van der Waals surface area contributed by atoms with Crippen molar-refractivity contribution < 1.29 is 9.47 Å². The van der Waals surface area contributed by atoms with Gasteiger partial charge in [-0.1, -0.05) is 13.0 Å². The van der Waals surface area contributed by atoms with Crippen LogP contribution in [0, 0.1) is 13.8 Å². The number of nitrogens with zero attached hydrogens (tertiary/aromatic N) is 2. The van der Waals surface area contributed by atoms with Gasteiger partial charge in [-0.3, -0.25) is 0 Å². The van der Waals surface area contributed by atoms with Crippen molar-refractivity contribution >= 4 is 17.4 Å². The second kappa shape index (κ2) is 10.3. The quantitative estimate of drug-likeness (QED) is 0.492. The summed E-state index contributed by atoms with van der Waals surface area (Å²) in [5.74, 6) is 1.64. The Morgan fingerprint density at radius 1 is 1.08 bits per heavy atom. The summed E-state index contributed by atoms with van der Waals surface area (Å²) >= 11 is 5.93. The number of nitrogens with one attached hydrogen (secondary N) is 1. The van der Waals surface area contributed by atoms with E-state index in [2.05, 4.69) is 35.2 Å². The molecular weight excluding hydrogens is 350 g/mol. The number of ether oxygens (including phenoxy) is 2. The summed E-state index contributed by atoms with van der Waals surface area (Å²) in [5, 5.41) is 3.50. The van der Waals surface area contributed by atoms with Crippen LogP contribution in [-0.4, -0.2) is 36.3 Å². The number of anilines is 1. The number of hydrogen-bond donors (Lipinski definition) is 1. The molecule has 0 aliphatic rings. The third-order valence-electron chi connectivity index (χ3n) is 4.35. The van der Waals surface area contributed by atoms with Gasteiger partial charge in [0, 0.05) is 18.4 Å². The third kappa shape index (κ3) is 5.85. The Hall–Kier alpha value is -1.85. The molecule has 5 nitrogen and oxygen atoms in total. The first-order chi connectivity index (χ1) is 12.5. The third-order valence-corrected chi connectivity index (χ3v) is 4.52. The molecule has 0 atom stereocenters. The van der Waals surface area contributed by atoms with Gasteiger partial charge in [-0.05, 0) is 68.0 Å². The van der Waals surface area contributed by atoms with E-state index >= 15 is 0 Å². The lowest BCUT2D eigenvalue weighted by Gasteiger charge is -2.15. The van der Waals surface area contributed by atoms with Crippen LogP contribution in [-0.2, 0) is 17.6 Å². The lowest BCUT2D eigenvalue weighted by atomic mass is 10.0. The van der Waals surface area contributed by atoms with Crippen molar-refractivity contribution in [3.63, 3.8) is 0 Å². The largest absolute Gasteiger partial charge is 0.491 e. The van der Waals surface area contributed by atoms with Crippen LogP contribution in [0.15, 0.2) is 18.2 Å². The number of hydrogen-bond acceptors (Lipinski definition) is 5. The van der Waals surface area contributed by atoms with Crippen LogP contribution < -0.4 is 10.1 Å². The highest BCUT2D eigenvalue weighted by atomic mass is 35.5. The minimum atomic E-state index is 0.266. The van der Waals surface area contributed by atoms with Crippen LogP contribution in [0.3, 0.4) is 0 Å². The van der Waals surface area contributed by atoms with E-state index in [1.807, 2.05) is 26.0 Å². The molecular formula is C20H28ClN3O2. The van der Waals surface area contributed by atoms with Crippen LogP contribution >= 0.6 is 11.6 Å². The average molecular weight is 378 g/mol. The summed E-state index contributed by atoms with van der Waals surface area (Å²) in [7, 11) is 0. The van der Waals surface area contributed by atoms with Gasteiger partial charge < -0.3 is 14.8 Å². The fourth-order valence-corrected chi connectivity index (χ4v) is 2.88. The first kappa shape index (κ1) is 20.5. The average Bonchev–Trinajstić information content (AvgIpc) is 2.63. The molecule has 142 valence electrons. The Labute approximate surface area is 161 Å². The fraction of sp³-hybridized carbons (Fsp3) is 0.500. The van der Waals surface area contributed by atoms with Crippen LogP contribution in [0.2, 0.25) is 5.28 Å². The summed E-state index contributed by atoms with van der Waals surface area (Å²) < 4.78 is 11.4. The van der Waals surface area contributed by atoms with Gasteiger partial charge in [0.1, 0.15) is 18.2 Å². The topological polar surface area (TPSA) is 56.3 Å². The zero-order chi connectivity index (χ0) is 18.9. The van der Waals surface area contributed by atoms with Crippen LogP contribution in [0.5, 0.6) is 5.75 Å². The highest BCUT2D eigenvalue weighted by Crippen LogP contribution is 2.24. The van der Waals surface area contributed by atoms with E-state index in [0.29, 0.717) is 13.2 Å². The van der Waals surface area contributed by atoms with Crippen molar-refractivity contribution in [2.75, 3.05) is 31.7 Å². The molecule has 2 aromatic rings. The Balaban J connectivity index is 1.87. The Bertz CT molecular complexity index is 722. The molecule has 2 rings (SSSR count). The van der Waals surface area contributed by atoms with Gasteiger partial charge in [0.15, 0.2) is 0 Å². The molecule has 0 fully saturated rings. The number of benzene rings is 1. The van der Waals surface area contributed by atoms with Crippen molar-refractivity contribution in [2.45, 2.75) is 40.5 Å². The normalized spacial score (nSPS) is 10.8. The van der Waals surface area contributed by atoms with Gasteiger partial charge in [-0.2, -0.15) is 0 Å². The van der Waals surface area contributed by atoms with Gasteiger partial charge in [-0.15, -0.1) is 0 Å². The van der Waals surface area contributed by atoms with Gasteiger partial charge in [0.05, 0.1) is 13.2 Å². The maximum atomic E-state index is 5.94. The summed E-state index contributed by atoms with van der Waals surface area (Å²) in [6, 6.07) is 6.08. The molecule has 6 heteroatoms. The van der Waals surface area contributed by atoms with Gasteiger partial charge in [0.2, 0.25) is 5.28 Å². The molecule has 1 N–H and O–H groups in total. The smallest absolute Gasteiger partial charge is 0.224 e. The number of halogens is 1. The van der Waals surface area contributed by atoms with Crippen molar-refractivity contribution in [3.8, 4) is 5.75 Å². The maximum absolute atomic E-state index is 5.94. The SMILES string of the molecule is CCOCCc1ccc(OCCNc2cc(CC)nc(Cl)n2)c(C)c1C. The van der Waals surface area contributed by atoms with Crippen molar-refractivity contribution in [2.24, 2.45) is 0 Å². The van der Waals surface area contributed by atoms with E-state index < -0.39 is 0 Å². The van der Waals surface area contributed by atoms with E-state index in [9.17, 15) is 0 Å². The first-order valence-corrected chi connectivity index (χ1v) is 9.49. The highest BCUT2D eigenvalue weighted by Gasteiger charge is 2.08. The summed E-state index contributed by atoms with van der Waals surface area (Å²) in [6.07, 6.45) is 1.75. The monoisotopic (exact) mass is 377 g/mol. The summed E-state index contributed by atoms with van der Waals surface area (Å²) in [4.78, 5) is 8.34. The standard InChI is InChI=1S/C20H28ClN3O2/c1-5-17-13-19(24-20(21)23-17)22-10-12-26-18-8-7-16(9-11-25-6-2)14(3)15(18)4/h7-8,13H,5-6,9-12H2,1-4H3,(H,22,23,24). The van der Waals surface area contributed by atoms with E-state index in [0.717, 1.165) is 43.3 Å². The minimum Gasteiger partial charge on any atom is -0.491 e. The van der Waals surface area contributed by atoms with Crippen LogP contribution in [0.1, 0.15) is 36.2 Å². The number of aromatic nitrogens is 2. The Kier molecular flexibility index (Phi) is 8.13. The maximum Gasteiger partial charge on any atom is 0.224 e. The Morgan fingerprint density at radius 3 is 2.62 bits per heavy atom. The summed E-state index contributed by atoms with van der Waals surface area (Å²) in [6.45, 7) is 11.0. The molecule has 0 saturated carbocycles. The van der Waals surface area contributed by atoms with E-state index in [1.54, 1.807) is 0 Å². The molecule has 0 aliphatic carbocycles. The minimum absolute atomic E-state index is 0.266. The lowest BCUT2D eigenvalue weighted by Crippen LogP contribution is -2.13. The molecule has 26 heavy (non-hydrogen) atoms. The van der Waals surface area contributed by atoms with Crippen molar-refractivity contribution in [1.29, 1.82) is 0 Å². The molecule has 1 aromatic heterocycles. The second-order valence-corrected chi connectivity index (χ2v) is 6.40. The molecule has 0 spiro atoms. The molecule has 1 aromatic carbocycles. The predicted molar refractivity (Wildman–Crippen MR) is 107 cm³/mol. The summed E-state index contributed by atoms with van der Waals surface area (Å²) in [5.41, 5.74) is 4.68. The molecule has 0 bridgehead atoms. The molecule has 0 amide bonds. The van der Waals surface area contributed by atoms with E-state index in [-0.39, 0.29) is 5.28 Å². The first-order valence-electron chi connectivity index (χ1n) is 9.12. The number of aryl methyl sites for hydroxylation is 1. The predicted octanol–water partition coefficient (Wildman–Crippen LogP) is 4.38. The molecule has 0 saturated heterocycles. The Morgan fingerprint density at radius 2 is 1.88 bits per heavy atom. The van der Waals surface area contributed by atoms with Gasteiger partial charge in [0.25, 0.3) is 0 Å². The molecule has 1 heterocycles. The van der Waals surface area contributed by atoms with Crippen molar-refractivity contribution in [3.05, 3.63) is 45.9 Å². The fourth-order valence-electron chi connectivity index (χ4n) is 2.68. The van der Waals surface area contributed by atoms with Gasteiger partial charge in [-0.25, -0.2) is 9.97 Å². The number of rotatable bonds is 10. The molecule has 0 aliphatic heterocycles. The second-order valence-electron chi connectivity index (χ2n) is 6.06. The zero-order valence-electron chi connectivity index (χ0n) is 16.1. The van der Waals surface area contributed by atoms with Crippen molar-refractivity contribution in [1.82, 2.24) is 9.97 Å². The highest BCUT2D eigenvalue weighted by molar-refractivity contribution is 6.28. The van der Waals surface area contributed by atoms with Gasteiger partial charge >= 0.3 is 0 Å². The molecule has 0 radical (unpaired) electrons. The van der Waals surface area contributed by atoms with E-state index in [1.165, 1.54) is 16.7 Å². The molecule has 0 unspecified atom stereocenters. The van der Waals surface area contributed by atoms with Crippen LogP contribution in [0.25, 0.3) is 0 Å².